The Morgan fingerprint density at radius 3 is 2.52 bits per heavy atom. The Kier molecular flexibility index (Phi) is 3.25. The number of rotatable bonds is 2. The van der Waals surface area contributed by atoms with Gasteiger partial charge in [-0.15, -0.1) is 11.3 Å². The molecule has 3 aromatic rings. The molecule has 6 heteroatoms. The standard InChI is InChI=1S/C15H8F3NOS/c16-15(17,18)10-5-3-4-9(8-10)13(20)14-19-11-6-1-2-7-12(11)21-14/h1-8H. The normalized spacial score (nSPS) is 11.8. The first-order valence-corrected chi connectivity index (χ1v) is 6.84. The van der Waals surface area contributed by atoms with Crippen LogP contribution in [0.4, 0.5) is 13.2 Å². The van der Waals surface area contributed by atoms with Gasteiger partial charge in [-0.25, -0.2) is 4.98 Å². The van der Waals surface area contributed by atoms with Gasteiger partial charge < -0.3 is 0 Å². The first kappa shape index (κ1) is 13.8. The monoisotopic (exact) mass is 307 g/mol. The number of para-hydroxylation sites is 1. The van der Waals surface area contributed by atoms with E-state index in [2.05, 4.69) is 4.98 Å². The van der Waals surface area contributed by atoms with Gasteiger partial charge in [0.15, 0.2) is 5.01 Å². The molecule has 0 saturated heterocycles. The molecule has 0 aliphatic carbocycles. The Balaban J connectivity index is 2.02. The fourth-order valence-corrected chi connectivity index (χ4v) is 2.86. The molecule has 2 aromatic carbocycles. The van der Waals surface area contributed by atoms with Gasteiger partial charge in [-0.1, -0.05) is 24.3 Å². The minimum absolute atomic E-state index is 0.0103. The second-order valence-corrected chi connectivity index (χ2v) is 5.43. The highest BCUT2D eigenvalue weighted by Crippen LogP contribution is 2.30. The maximum absolute atomic E-state index is 12.7. The third-order valence-electron chi connectivity index (χ3n) is 2.94. The van der Waals surface area contributed by atoms with Crippen LogP contribution < -0.4 is 0 Å². The number of halogens is 3. The van der Waals surface area contributed by atoms with Crippen molar-refractivity contribution in [2.24, 2.45) is 0 Å². The van der Waals surface area contributed by atoms with Crippen LogP contribution >= 0.6 is 11.3 Å². The third-order valence-corrected chi connectivity index (χ3v) is 3.98. The van der Waals surface area contributed by atoms with Crippen LogP contribution in [0.2, 0.25) is 0 Å². The van der Waals surface area contributed by atoms with Crippen molar-refractivity contribution in [2.45, 2.75) is 6.18 Å². The number of thiazole rings is 1. The molecule has 0 aliphatic rings. The number of nitrogens with zero attached hydrogens (tertiary/aromatic N) is 1. The first-order chi connectivity index (χ1) is 9.95. The lowest BCUT2D eigenvalue weighted by atomic mass is 10.1. The van der Waals surface area contributed by atoms with Crippen LogP contribution in [0.15, 0.2) is 48.5 Å². The van der Waals surface area contributed by atoms with Crippen molar-refractivity contribution >= 4 is 27.3 Å². The van der Waals surface area contributed by atoms with Gasteiger partial charge in [0.25, 0.3) is 0 Å². The summed E-state index contributed by atoms with van der Waals surface area (Å²) >= 11 is 1.17. The molecular weight excluding hydrogens is 299 g/mol. The van der Waals surface area contributed by atoms with E-state index in [0.29, 0.717) is 5.52 Å². The van der Waals surface area contributed by atoms with Crippen LogP contribution in [-0.2, 0) is 6.18 Å². The van der Waals surface area contributed by atoms with Gasteiger partial charge in [0.2, 0.25) is 5.78 Å². The maximum atomic E-state index is 12.7. The molecule has 0 amide bonds. The van der Waals surface area contributed by atoms with E-state index in [4.69, 9.17) is 0 Å². The van der Waals surface area contributed by atoms with Crippen LogP contribution in [-0.4, -0.2) is 10.8 Å². The SMILES string of the molecule is O=C(c1cccc(C(F)(F)F)c1)c1nc2ccccc2s1. The lowest BCUT2D eigenvalue weighted by molar-refractivity contribution is -0.137. The van der Waals surface area contributed by atoms with E-state index in [-0.39, 0.29) is 10.6 Å². The molecule has 21 heavy (non-hydrogen) atoms. The molecule has 1 heterocycles. The Hall–Kier alpha value is -2.21. The summed E-state index contributed by atoms with van der Waals surface area (Å²) in [5.74, 6) is -0.498. The van der Waals surface area contributed by atoms with Crippen molar-refractivity contribution in [3.63, 3.8) is 0 Å². The zero-order valence-electron chi connectivity index (χ0n) is 10.5. The zero-order valence-corrected chi connectivity index (χ0v) is 11.3. The highest BCUT2D eigenvalue weighted by Gasteiger charge is 2.31. The van der Waals surface area contributed by atoms with Gasteiger partial charge in [-0.2, -0.15) is 13.2 Å². The van der Waals surface area contributed by atoms with Crippen molar-refractivity contribution in [2.75, 3.05) is 0 Å². The Labute approximate surface area is 121 Å². The van der Waals surface area contributed by atoms with Gasteiger partial charge in [-0.3, -0.25) is 4.79 Å². The van der Waals surface area contributed by atoms with E-state index in [1.807, 2.05) is 12.1 Å². The van der Waals surface area contributed by atoms with Gasteiger partial charge in [0.1, 0.15) is 0 Å². The van der Waals surface area contributed by atoms with Crippen LogP contribution in [0.3, 0.4) is 0 Å². The molecule has 3 rings (SSSR count). The first-order valence-electron chi connectivity index (χ1n) is 6.03. The summed E-state index contributed by atoms with van der Waals surface area (Å²) in [5.41, 5.74) is -0.184. The Morgan fingerprint density at radius 1 is 1.05 bits per heavy atom. The number of benzene rings is 2. The zero-order chi connectivity index (χ0) is 15.0. The van der Waals surface area contributed by atoms with Gasteiger partial charge in [0.05, 0.1) is 15.8 Å². The van der Waals surface area contributed by atoms with Crippen LogP contribution in [0.5, 0.6) is 0 Å². The lowest BCUT2D eigenvalue weighted by Gasteiger charge is -2.07. The van der Waals surface area contributed by atoms with E-state index < -0.39 is 17.5 Å². The molecule has 106 valence electrons. The largest absolute Gasteiger partial charge is 0.416 e. The summed E-state index contributed by atoms with van der Waals surface area (Å²) in [7, 11) is 0. The number of fused-ring (bicyclic) bond motifs is 1. The van der Waals surface area contributed by atoms with Gasteiger partial charge in [0, 0.05) is 5.56 Å². The maximum Gasteiger partial charge on any atom is 0.416 e. The minimum atomic E-state index is -4.47. The molecule has 0 fully saturated rings. The number of aromatic nitrogens is 1. The molecule has 0 bridgehead atoms. The molecular formula is C15H8F3NOS. The van der Waals surface area contributed by atoms with Crippen LogP contribution in [0, 0.1) is 0 Å². The topological polar surface area (TPSA) is 30.0 Å². The average Bonchev–Trinajstić information content (AvgIpc) is 2.89. The second-order valence-electron chi connectivity index (χ2n) is 4.39. The molecule has 0 N–H and O–H groups in total. The fraction of sp³-hybridized carbons (Fsp3) is 0.0667. The molecule has 0 aliphatic heterocycles. The summed E-state index contributed by atoms with van der Waals surface area (Å²) in [4.78, 5) is 16.4. The fourth-order valence-electron chi connectivity index (χ4n) is 1.93. The summed E-state index contributed by atoms with van der Waals surface area (Å²) in [6.07, 6.45) is -4.47. The number of carbonyl (C=O) groups excluding carboxylic acids is 1. The Bertz CT molecular complexity index is 790. The molecule has 1 aromatic heterocycles. The summed E-state index contributed by atoms with van der Waals surface area (Å²) < 4.78 is 38.9. The van der Waals surface area contributed by atoms with Gasteiger partial charge >= 0.3 is 6.18 Å². The highest BCUT2D eigenvalue weighted by atomic mass is 32.1. The van der Waals surface area contributed by atoms with Crippen molar-refractivity contribution in [1.29, 1.82) is 0 Å². The molecule has 2 nitrogen and oxygen atoms in total. The molecule has 0 saturated carbocycles. The van der Waals surface area contributed by atoms with E-state index >= 15 is 0 Å². The lowest BCUT2D eigenvalue weighted by Crippen LogP contribution is -2.08. The summed E-state index contributed by atoms with van der Waals surface area (Å²) in [6.45, 7) is 0. The quantitative estimate of drug-likeness (QED) is 0.650. The van der Waals surface area contributed by atoms with Crippen LogP contribution in [0.25, 0.3) is 10.2 Å². The highest BCUT2D eigenvalue weighted by molar-refractivity contribution is 7.20. The number of ketones is 1. The van der Waals surface area contributed by atoms with Crippen LogP contribution in [0.1, 0.15) is 20.9 Å². The summed E-state index contributed by atoms with van der Waals surface area (Å²) in [6, 6.07) is 11.6. The molecule has 0 spiro atoms. The predicted molar refractivity (Wildman–Crippen MR) is 74.5 cm³/mol. The van der Waals surface area contributed by atoms with Crippen molar-refractivity contribution in [1.82, 2.24) is 4.98 Å². The molecule has 0 atom stereocenters. The van der Waals surface area contributed by atoms with Crippen molar-refractivity contribution in [3.8, 4) is 0 Å². The third kappa shape index (κ3) is 2.67. The number of hydrogen-bond donors (Lipinski definition) is 0. The number of carbonyl (C=O) groups is 1. The summed E-state index contributed by atoms with van der Waals surface area (Å²) in [5, 5.41) is 0.190. The van der Waals surface area contributed by atoms with Gasteiger partial charge in [-0.05, 0) is 24.3 Å². The van der Waals surface area contributed by atoms with E-state index in [1.54, 1.807) is 12.1 Å². The van der Waals surface area contributed by atoms with E-state index in [1.165, 1.54) is 23.5 Å². The smallest absolute Gasteiger partial charge is 0.286 e. The number of hydrogen-bond acceptors (Lipinski definition) is 3. The molecule has 0 unspecified atom stereocenters. The van der Waals surface area contributed by atoms with Crippen molar-refractivity contribution < 1.29 is 18.0 Å². The van der Waals surface area contributed by atoms with E-state index in [9.17, 15) is 18.0 Å². The minimum Gasteiger partial charge on any atom is -0.286 e. The van der Waals surface area contributed by atoms with Crippen molar-refractivity contribution in [3.05, 3.63) is 64.7 Å². The average molecular weight is 307 g/mol. The number of alkyl halides is 3. The van der Waals surface area contributed by atoms with E-state index in [0.717, 1.165) is 16.8 Å². The molecule has 0 radical (unpaired) electrons. The second kappa shape index (κ2) is 4.96. The predicted octanol–water partition coefficient (Wildman–Crippen LogP) is 4.55. The Morgan fingerprint density at radius 2 is 1.81 bits per heavy atom.